The number of aromatic nitrogens is 5. The molecule has 3 heterocycles. The van der Waals surface area contributed by atoms with Crippen molar-refractivity contribution < 1.29 is 9.84 Å². The molecular weight excluding hydrogens is 404 g/mol. The summed E-state index contributed by atoms with van der Waals surface area (Å²) >= 11 is 0. The van der Waals surface area contributed by atoms with Gasteiger partial charge in [0.2, 0.25) is 0 Å². The molecule has 32 heavy (non-hydrogen) atoms. The van der Waals surface area contributed by atoms with E-state index >= 15 is 0 Å². The predicted molar refractivity (Wildman–Crippen MR) is 123 cm³/mol. The maximum atomic E-state index is 10.3. The van der Waals surface area contributed by atoms with Gasteiger partial charge in [-0.05, 0) is 31.2 Å². The number of aliphatic hydroxyl groups excluding tert-OH is 1. The van der Waals surface area contributed by atoms with E-state index < -0.39 is 6.10 Å². The highest BCUT2D eigenvalue weighted by Gasteiger charge is 2.21. The third-order valence-corrected chi connectivity index (χ3v) is 5.47. The van der Waals surface area contributed by atoms with Gasteiger partial charge >= 0.3 is 0 Å². The molecule has 1 atom stereocenters. The van der Waals surface area contributed by atoms with Crippen molar-refractivity contribution >= 4 is 27.8 Å². The molecule has 8 nitrogen and oxygen atoms in total. The highest BCUT2D eigenvalue weighted by atomic mass is 16.5. The van der Waals surface area contributed by atoms with Crippen LogP contribution in [-0.4, -0.2) is 36.9 Å². The van der Waals surface area contributed by atoms with Crippen LogP contribution in [0.2, 0.25) is 0 Å². The van der Waals surface area contributed by atoms with Crippen molar-refractivity contribution in [2.75, 3.05) is 12.8 Å². The number of nitrogen functional groups attached to an aromatic ring is 1. The van der Waals surface area contributed by atoms with Gasteiger partial charge in [0.25, 0.3) is 0 Å². The first-order valence-electron chi connectivity index (χ1n) is 10.2. The van der Waals surface area contributed by atoms with Crippen LogP contribution in [0.3, 0.4) is 0 Å². The molecule has 0 saturated heterocycles. The number of nitrogens with two attached hydrogens (primary N) is 1. The van der Waals surface area contributed by atoms with Crippen molar-refractivity contribution in [3.05, 3.63) is 72.2 Å². The Morgan fingerprint density at radius 2 is 1.88 bits per heavy atom. The molecule has 3 aromatic heterocycles. The van der Waals surface area contributed by atoms with Crippen LogP contribution in [-0.2, 0) is 6.54 Å². The Hall–Kier alpha value is -4.04. The number of hydrogen-bond donors (Lipinski definition) is 2. The van der Waals surface area contributed by atoms with Crippen molar-refractivity contribution in [1.29, 1.82) is 0 Å². The number of nitrogens with zero attached hydrogens (tertiary/aromatic N) is 5. The minimum atomic E-state index is -0.810. The number of hydrogen-bond acceptors (Lipinski definition) is 7. The zero-order valence-corrected chi connectivity index (χ0v) is 17.7. The van der Waals surface area contributed by atoms with E-state index in [1.807, 2.05) is 48.5 Å². The van der Waals surface area contributed by atoms with Crippen LogP contribution in [0, 0.1) is 0 Å². The third kappa shape index (κ3) is 3.30. The second-order valence-electron chi connectivity index (χ2n) is 7.57. The number of aliphatic hydroxyl groups is 1. The smallest absolute Gasteiger partial charge is 0.164 e. The molecule has 5 rings (SSSR count). The number of ether oxygens (including phenoxy) is 1. The van der Waals surface area contributed by atoms with Crippen molar-refractivity contribution in [1.82, 2.24) is 24.7 Å². The Kier molecular flexibility index (Phi) is 4.91. The van der Waals surface area contributed by atoms with Gasteiger partial charge in [0.15, 0.2) is 5.65 Å². The number of pyridine rings is 1. The Labute approximate surface area is 184 Å². The SMILES string of the molecule is COc1ccccc1-c1nc2ccccc2cc1Cn1nc([C@@H](C)O)c2c(N)ncnc21. The van der Waals surface area contributed by atoms with E-state index in [0.29, 0.717) is 29.1 Å². The second-order valence-corrected chi connectivity index (χ2v) is 7.57. The molecule has 0 bridgehead atoms. The van der Waals surface area contributed by atoms with Crippen molar-refractivity contribution in [2.24, 2.45) is 0 Å². The number of methoxy groups -OCH3 is 1. The summed E-state index contributed by atoms with van der Waals surface area (Å²) in [5.74, 6) is 1.02. The molecule has 3 N–H and O–H groups in total. The maximum absolute atomic E-state index is 10.3. The van der Waals surface area contributed by atoms with Crippen LogP contribution in [0.15, 0.2) is 60.9 Å². The molecule has 8 heteroatoms. The van der Waals surface area contributed by atoms with Gasteiger partial charge in [0.05, 0.1) is 36.4 Å². The zero-order valence-electron chi connectivity index (χ0n) is 17.7. The molecule has 0 radical (unpaired) electrons. The Bertz CT molecular complexity index is 1440. The molecule has 0 aliphatic carbocycles. The van der Waals surface area contributed by atoms with Gasteiger partial charge in [-0.2, -0.15) is 5.10 Å². The fourth-order valence-electron chi connectivity index (χ4n) is 3.98. The van der Waals surface area contributed by atoms with Gasteiger partial charge in [-0.1, -0.05) is 30.3 Å². The lowest BCUT2D eigenvalue weighted by Gasteiger charge is -2.14. The number of anilines is 1. The van der Waals surface area contributed by atoms with Gasteiger partial charge in [-0.15, -0.1) is 0 Å². The summed E-state index contributed by atoms with van der Waals surface area (Å²) < 4.78 is 7.34. The third-order valence-electron chi connectivity index (χ3n) is 5.47. The molecule has 0 saturated carbocycles. The summed E-state index contributed by atoms with van der Waals surface area (Å²) in [6.45, 7) is 2.03. The monoisotopic (exact) mass is 426 g/mol. The van der Waals surface area contributed by atoms with E-state index in [1.165, 1.54) is 6.33 Å². The molecule has 0 aliphatic heterocycles. The first kappa shape index (κ1) is 19.9. The zero-order chi connectivity index (χ0) is 22.2. The van der Waals surface area contributed by atoms with Crippen LogP contribution in [0.1, 0.15) is 24.3 Å². The van der Waals surface area contributed by atoms with Gasteiger partial charge < -0.3 is 15.6 Å². The first-order chi connectivity index (χ1) is 15.6. The summed E-state index contributed by atoms with van der Waals surface area (Å²) in [6, 6.07) is 17.9. The summed E-state index contributed by atoms with van der Waals surface area (Å²) in [4.78, 5) is 13.4. The maximum Gasteiger partial charge on any atom is 0.164 e. The van der Waals surface area contributed by atoms with Crippen molar-refractivity contribution in [2.45, 2.75) is 19.6 Å². The van der Waals surface area contributed by atoms with Crippen LogP contribution >= 0.6 is 0 Å². The Balaban J connectivity index is 1.74. The molecule has 0 spiro atoms. The molecule has 2 aromatic carbocycles. The van der Waals surface area contributed by atoms with E-state index in [-0.39, 0.29) is 0 Å². The fourth-order valence-corrected chi connectivity index (χ4v) is 3.98. The number of fused-ring (bicyclic) bond motifs is 2. The highest BCUT2D eigenvalue weighted by molar-refractivity contribution is 5.89. The van der Waals surface area contributed by atoms with E-state index in [4.69, 9.17) is 15.5 Å². The van der Waals surface area contributed by atoms with Crippen LogP contribution < -0.4 is 10.5 Å². The number of rotatable bonds is 5. The van der Waals surface area contributed by atoms with Crippen molar-refractivity contribution in [3.63, 3.8) is 0 Å². The quantitative estimate of drug-likeness (QED) is 0.440. The van der Waals surface area contributed by atoms with E-state index in [2.05, 4.69) is 21.1 Å². The van der Waals surface area contributed by atoms with Gasteiger partial charge in [0.1, 0.15) is 23.6 Å². The van der Waals surface area contributed by atoms with Gasteiger partial charge in [0, 0.05) is 16.5 Å². The lowest BCUT2D eigenvalue weighted by Crippen LogP contribution is -2.07. The lowest BCUT2D eigenvalue weighted by atomic mass is 10.0. The lowest BCUT2D eigenvalue weighted by molar-refractivity contribution is 0.194. The summed E-state index contributed by atoms with van der Waals surface area (Å²) in [5.41, 5.74) is 10.6. The standard InChI is InChI=1S/C24H22N6O2/c1-14(31)21-20-23(25)26-13-27-24(20)30(29-21)12-16-11-15-7-3-5-9-18(15)28-22(16)17-8-4-6-10-19(17)32-2/h3-11,13-14,31H,12H2,1-2H3,(H2,25,26,27)/t14-/m1/s1. The average molecular weight is 426 g/mol. The molecular formula is C24H22N6O2. The molecule has 0 unspecified atom stereocenters. The number of benzene rings is 2. The number of para-hydroxylation sites is 2. The molecule has 160 valence electrons. The summed E-state index contributed by atoms with van der Waals surface area (Å²) in [7, 11) is 1.65. The van der Waals surface area contributed by atoms with Crippen LogP contribution in [0.4, 0.5) is 5.82 Å². The second kappa shape index (κ2) is 7.90. The highest BCUT2D eigenvalue weighted by Crippen LogP contribution is 2.34. The molecule has 0 fully saturated rings. The van der Waals surface area contributed by atoms with E-state index in [0.717, 1.165) is 33.5 Å². The first-order valence-corrected chi connectivity index (χ1v) is 10.2. The van der Waals surface area contributed by atoms with E-state index in [1.54, 1.807) is 18.7 Å². The predicted octanol–water partition coefficient (Wildman–Crippen LogP) is 3.73. The average Bonchev–Trinajstić information content (AvgIpc) is 3.18. The fraction of sp³-hybridized carbons (Fsp3) is 0.167. The largest absolute Gasteiger partial charge is 0.496 e. The van der Waals surface area contributed by atoms with Gasteiger partial charge in [-0.3, -0.25) is 0 Å². The van der Waals surface area contributed by atoms with Crippen LogP contribution in [0.5, 0.6) is 5.75 Å². The topological polar surface area (TPSA) is 112 Å². The molecule has 5 aromatic rings. The Morgan fingerprint density at radius 3 is 2.69 bits per heavy atom. The van der Waals surface area contributed by atoms with Crippen molar-refractivity contribution in [3.8, 4) is 17.0 Å². The van der Waals surface area contributed by atoms with Crippen LogP contribution in [0.25, 0.3) is 33.2 Å². The van der Waals surface area contributed by atoms with Gasteiger partial charge in [-0.25, -0.2) is 19.6 Å². The Morgan fingerprint density at radius 1 is 1.09 bits per heavy atom. The minimum absolute atomic E-state index is 0.290. The molecule has 0 amide bonds. The normalized spacial score (nSPS) is 12.3. The minimum Gasteiger partial charge on any atom is -0.496 e. The van der Waals surface area contributed by atoms with E-state index in [9.17, 15) is 5.11 Å². The molecule has 0 aliphatic rings. The summed E-state index contributed by atoms with van der Waals surface area (Å²) in [5, 5.41) is 16.5. The summed E-state index contributed by atoms with van der Waals surface area (Å²) in [6.07, 6.45) is 0.594.